The molecule has 0 radical (unpaired) electrons. The van der Waals surface area contributed by atoms with Crippen LogP contribution in [0.15, 0.2) is 18.3 Å². The van der Waals surface area contributed by atoms with E-state index in [2.05, 4.69) is 10.3 Å². The van der Waals surface area contributed by atoms with E-state index in [1.54, 1.807) is 25.3 Å². The number of carbonyl (C=O) groups is 1. The fourth-order valence-corrected chi connectivity index (χ4v) is 3.80. The fourth-order valence-electron chi connectivity index (χ4n) is 2.64. The predicted molar refractivity (Wildman–Crippen MR) is 91.1 cm³/mol. The van der Waals surface area contributed by atoms with Gasteiger partial charge < -0.3 is 10.1 Å². The molecule has 1 aliphatic carbocycles. The highest BCUT2D eigenvalue weighted by molar-refractivity contribution is 7.11. The number of fused-ring (bicyclic) bond motifs is 1. The van der Waals surface area contributed by atoms with Gasteiger partial charge in [-0.05, 0) is 44.7 Å². The van der Waals surface area contributed by atoms with E-state index in [1.165, 1.54) is 34.8 Å². The Morgan fingerprint density at radius 3 is 2.96 bits per heavy atom. The molecule has 23 heavy (non-hydrogen) atoms. The monoisotopic (exact) mass is 331 g/mol. The molecule has 122 valence electrons. The second-order valence-corrected chi connectivity index (χ2v) is 6.68. The number of nitrogens with zero attached hydrogens (tertiary/aromatic N) is 2. The van der Waals surface area contributed by atoms with Gasteiger partial charge in [-0.1, -0.05) is 0 Å². The Bertz CT molecular complexity index is 643. The number of hydrogen-bond acceptors (Lipinski definition) is 6. The van der Waals surface area contributed by atoms with E-state index in [-0.39, 0.29) is 5.97 Å². The average molecular weight is 331 g/mol. The lowest BCUT2D eigenvalue weighted by Crippen LogP contribution is -2.08. The van der Waals surface area contributed by atoms with Crippen molar-refractivity contribution in [2.45, 2.75) is 39.0 Å². The maximum atomic E-state index is 11.6. The highest BCUT2D eigenvalue weighted by Gasteiger charge is 2.14. The number of aromatic nitrogens is 2. The maximum absolute atomic E-state index is 11.6. The Kier molecular flexibility index (Phi) is 5.23. The van der Waals surface area contributed by atoms with Crippen molar-refractivity contribution >= 4 is 23.1 Å². The number of hydrogen-bond donors (Lipinski definition) is 1. The molecule has 0 unspecified atom stereocenters. The van der Waals surface area contributed by atoms with Gasteiger partial charge in [0.15, 0.2) is 0 Å². The minimum Gasteiger partial charge on any atom is -0.462 e. The molecular weight excluding hydrogens is 310 g/mol. The number of ether oxygens (including phenoxy) is 1. The van der Waals surface area contributed by atoms with Crippen molar-refractivity contribution < 1.29 is 9.53 Å². The molecule has 1 N–H and O–H groups in total. The van der Waals surface area contributed by atoms with Crippen LogP contribution in [0.3, 0.4) is 0 Å². The number of anilines is 1. The average Bonchev–Trinajstić information content (AvgIpc) is 2.98. The molecule has 0 spiro atoms. The van der Waals surface area contributed by atoms with E-state index >= 15 is 0 Å². The van der Waals surface area contributed by atoms with Gasteiger partial charge in [-0.2, -0.15) is 0 Å². The van der Waals surface area contributed by atoms with Crippen LogP contribution in [0.1, 0.15) is 45.7 Å². The summed E-state index contributed by atoms with van der Waals surface area (Å²) in [5.41, 5.74) is 1.79. The van der Waals surface area contributed by atoms with Crippen molar-refractivity contribution in [1.82, 2.24) is 9.97 Å². The highest BCUT2D eigenvalue weighted by atomic mass is 32.1. The van der Waals surface area contributed by atoms with Crippen LogP contribution >= 0.6 is 11.3 Å². The van der Waals surface area contributed by atoms with Gasteiger partial charge >= 0.3 is 5.97 Å². The van der Waals surface area contributed by atoms with Crippen molar-refractivity contribution in [3.8, 4) is 0 Å². The van der Waals surface area contributed by atoms with Crippen LogP contribution in [0.2, 0.25) is 0 Å². The third-order valence-electron chi connectivity index (χ3n) is 3.81. The standard InChI is InChI=1S/C17H21N3O2S/c1-2-22-17(21)12-7-8-15(19-11-12)18-10-9-16-20-13-5-3-4-6-14(13)23-16/h7-8,11H,2-6,9-10H2,1H3,(H,18,19). The molecule has 2 aromatic rings. The van der Waals surface area contributed by atoms with Gasteiger partial charge in [0.25, 0.3) is 0 Å². The topological polar surface area (TPSA) is 64.1 Å². The summed E-state index contributed by atoms with van der Waals surface area (Å²) in [5, 5.41) is 4.48. The molecule has 0 aliphatic heterocycles. The summed E-state index contributed by atoms with van der Waals surface area (Å²) in [7, 11) is 0. The van der Waals surface area contributed by atoms with Gasteiger partial charge in [-0.3, -0.25) is 0 Å². The molecule has 6 heteroatoms. The first kappa shape index (κ1) is 15.9. The first-order chi connectivity index (χ1) is 11.3. The van der Waals surface area contributed by atoms with E-state index < -0.39 is 0 Å². The molecule has 0 aromatic carbocycles. The second-order valence-electron chi connectivity index (χ2n) is 5.51. The van der Waals surface area contributed by atoms with Crippen molar-refractivity contribution in [3.63, 3.8) is 0 Å². The summed E-state index contributed by atoms with van der Waals surface area (Å²) in [6, 6.07) is 3.54. The van der Waals surface area contributed by atoms with Crippen LogP contribution in [-0.2, 0) is 24.0 Å². The number of carbonyl (C=O) groups excluding carboxylic acids is 1. The van der Waals surface area contributed by atoms with Crippen molar-refractivity contribution in [3.05, 3.63) is 39.5 Å². The van der Waals surface area contributed by atoms with E-state index in [0.29, 0.717) is 12.2 Å². The third kappa shape index (κ3) is 4.07. The van der Waals surface area contributed by atoms with E-state index in [1.807, 2.05) is 11.3 Å². The summed E-state index contributed by atoms with van der Waals surface area (Å²) in [4.78, 5) is 22.0. The van der Waals surface area contributed by atoms with E-state index in [9.17, 15) is 4.79 Å². The first-order valence-corrected chi connectivity index (χ1v) is 8.92. The summed E-state index contributed by atoms with van der Waals surface area (Å²) in [6.45, 7) is 2.95. The number of thiazole rings is 1. The Balaban J connectivity index is 1.50. The Morgan fingerprint density at radius 2 is 2.22 bits per heavy atom. The van der Waals surface area contributed by atoms with E-state index in [4.69, 9.17) is 9.72 Å². The molecule has 5 nitrogen and oxygen atoms in total. The number of nitrogens with one attached hydrogen (secondary N) is 1. The minimum absolute atomic E-state index is 0.333. The largest absolute Gasteiger partial charge is 0.462 e. The van der Waals surface area contributed by atoms with E-state index in [0.717, 1.165) is 25.2 Å². The molecule has 0 saturated heterocycles. The molecule has 0 atom stereocenters. The van der Waals surface area contributed by atoms with Crippen LogP contribution < -0.4 is 5.32 Å². The summed E-state index contributed by atoms with van der Waals surface area (Å²) in [5.74, 6) is 0.430. The molecule has 0 fully saturated rings. The molecule has 0 bridgehead atoms. The molecular formula is C17H21N3O2S. The molecule has 1 aliphatic rings. The lowest BCUT2D eigenvalue weighted by Gasteiger charge is -2.06. The lowest BCUT2D eigenvalue weighted by atomic mass is 10.0. The fraction of sp³-hybridized carbons (Fsp3) is 0.471. The zero-order valence-electron chi connectivity index (χ0n) is 13.3. The summed E-state index contributed by atoms with van der Waals surface area (Å²) in [6.07, 6.45) is 7.34. The molecule has 2 heterocycles. The first-order valence-electron chi connectivity index (χ1n) is 8.10. The zero-order chi connectivity index (χ0) is 16.1. The van der Waals surface area contributed by atoms with Gasteiger partial charge in [0.1, 0.15) is 5.82 Å². The SMILES string of the molecule is CCOC(=O)c1ccc(NCCc2nc3c(s2)CCCC3)nc1. The second kappa shape index (κ2) is 7.55. The quantitative estimate of drug-likeness (QED) is 0.823. The van der Waals surface area contributed by atoms with Gasteiger partial charge in [0.2, 0.25) is 0 Å². The minimum atomic E-state index is -0.333. The number of esters is 1. The Labute approximate surface area is 140 Å². The van der Waals surface area contributed by atoms with Crippen molar-refractivity contribution in [1.29, 1.82) is 0 Å². The number of rotatable bonds is 6. The lowest BCUT2D eigenvalue weighted by molar-refractivity contribution is 0.0526. The third-order valence-corrected chi connectivity index (χ3v) is 5.03. The number of aryl methyl sites for hydroxylation is 2. The maximum Gasteiger partial charge on any atom is 0.339 e. The Hall–Kier alpha value is -1.95. The summed E-state index contributed by atoms with van der Waals surface area (Å²) < 4.78 is 4.94. The van der Waals surface area contributed by atoms with Crippen LogP contribution in [0.25, 0.3) is 0 Å². The number of pyridine rings is 1. The van der Waals surface area contributed by atoms with Gasteiger partial charge in [-0.15, -0.1) is 11.3 Å². The van der Waals surface area contributed by atoms with Crippen LogP contribution in [0, 0.1) is 0 Å². The van der Waals surface area contributed by atoms with Crippen LogP contribution in [0.5, 0.6) is 0 Å². The van der Waals surface area contributed by atoms with Crippen LogP contribution in [0.4, 0.5) is 5.82 Å². The van der Waals surface area contributed by atoms with Gasteiger partial charge in [0.05, 0.1) is 22.9 Å². The van der Waals surface area contributed by atoms with Crippen molar-refractivity contribution in [2.24, 2.45) is 0 Å². The van der Waals surface area contributed by atoms with Gasteiger partial charge in [-0.25, -0.2) is 14.8 Å². The predicted octanol–water partition coefficient (Wildman–Crippen LogP) is 3.25. The highest BCUT2D eigenvalue weighted by Crippen LogP contribution is 2.26. The van der Waals surface area contributed by atoms with Crippen molar-refractivity contribution in [2.75, 3.05) is 18.5 Å². The summed E-state index contributed by atoms with van der Waals surface area (Å²) >= 11 is 1.85. The normalized spacial score (nSPS) is 13.4. The molecule has 2 aromatic heterocycles. The smallest absolute Gasteiger partial charge is 0.339 e. The van der Waals surface area contributed by atoms with Crippen LogP contribution in [-0.4, -0.2) is 29.1 Å². The zero-order valence-corrected chi connectivity index (χ0v) is 14.1. The molecule has 0 saturated carbocycles. The van der Waals surface area contributed by atoms with Gasteiger partial charge in [0, 0.05) is 24.0 Å². The molecule has 3 rings (SSSR count). The Morgan fingerprint density at radius 1 is 1.35 bits per heavy atom. The molecule has 0 amide bonds.